The van der Waals surface area contributed by atoms with Crippen molar-refractivity contribution in [1.29, 1.82) is 0 Å². The van der Waals surface area contributed by atoms with Gasteiger partial charge in [-0.3, -0.25) is 19.2 Å². The third kappa shape index (κ3) is 11.3. The second kappa shape index (κ2) is 16.8. The zero-order valence-corrected chi connectivity index (χ0v) is 20.1. The summed E-state index contributed by atoms with van der Waals surface area (Å²) in [6.07, 6.45) is -0.937. The predicted molar refractivity (Wildman–Crippen MR) is 115 cm³/mol. The summed E-state index contributed by atoms with van der Waals surface area (Å²) < 4.78 is 33.2. The molecule has 0 aromatic heterocycles. The smallest absolute Gasteiger partial charge is 0.334 e. The van der Waals surface area contributed by atoms with E-state index < -0.39 is 60.5 Å². The van der Waals surface area contributed by atoms with Gasteiger partial charge in [0.05, 0.1) is 66.3 Å². The molecule has 0 rings (SSSR count). The van der Waals surface area contributed by atoms with Gasteiger partial charge in [-0.25, -0.2) is 9.59 Å². The van der Waals surface area contributed by atoms with Crippen LogP contribution >= 0.6 is 0 Å². The fourth-order valence-electron chi connectivity index (χ4n) is 2.45. The number of carbonyl (C=O) groups excluding carboxylic acids is 6. The minimum atomic E-state index is -1.30. The Morgan fingerprint density at radius 2 is 0.914 bits per heavy atom. The Balaban J connectivity index is 4.60. The Morgan fingerprint density at radius 1 is 0.571 bits per heavy atom. The molecule has 35 heavy (non-hydrogen) atoms. The Bertz CT molecular complexity index is 748. The number of hydrogen-bond acceptors (Lipinski definition) is 13. The molecule has 0 bridgehead atoms. The van der Waals surface area contributed by atoms with E-state index in [1.54, 1.807) is 0 Å². The molecule has 0 amide bonds. The molecule has 0 aromatic rings. The minimum Gasteiger partial charge on any atom is -0.469 e. The molecule has 0 aromatic carbocycles. The molecule has 0 spiro atoms. The van der Waals surface area contributed by atoms with Gasteiger partial charge in [-0.2, -0.15) is 0 Å². The summed E-state index contributed by atoms with van der Waals surface area (Å²) in [5.74, 6) is -7.69. The summed E-state index contributed by atoms with van der Waals surface area (Å²) >= 11 is 0. The molecular weight excluding hydrogens is 472 g/mol. The van der Waals surface area contributed by atoms with E-state index in [0.29, 0.717) is 0 Å². The van der Waals surface area contributed by atoms with Crippen LogP contribution < -0.4 is 0 Å². The van der Waals surface area contributed by atoms with Crippen LogP contribution in [-0.4, -0.2) is 90.7 Å². The van der Waals surface area contributed by atoms with E-state index in [2.05, 4.69) is 32.1 Å². The largest absolute Gasteiger partial charge is 0.469 e. The summed E-state index contributed by atoms with van der Waals surface area (Å²) in [7, 11) is 4.43. The summed E-state index contributed by atoms with van der Waals surface area (Å²) in [5, 5.41) is 0. The van der Waals surface area contributed by atoms with Crippen molar-refractivity contribution in [2.75, 3.05) is 54.9 Å². The quantitative estimate of drug-likeness (QED) is 0.119. The Kier molecular flexibility index (Phi) is 15.0. The van der Waals surface area contributed by atoms with Gasteiger partial charge in [-0.15, -0.1) is 0 Å². The van der Waals surface area contributed by atoms with Crippen LogP contribution in [0.3, 0.4) is 0 Å². The lowest BCUT2D eigenvalue weighted by molar-refractivity contribution is -0.157. The third-order valence-corrected chi connectivity index (χ3v) is 4.45. The van der Waals surface area contributed by atoms with Gasteiger partial charge >= 0.3 is 35.8 Å². The summed E-state index contributed by atoms with van der Waals surface area (Å²) in [4.78, 5) is 70.9. The number of ether oxygens (including phenoxy) is 7. The lowest BCUT2D eigenvalue weighted by Crippen LogP contribution is -2.28. The molecule has 0 fully saturated rings. The highest BCUT2D eigenvalue weighted by Gasteiger charge is 2.32. The zero-order valence-electron chi connectivity index (χ0n) is 20.1. The highest BCUT2D eigenvalue weighted by Crippen LogP contribution is 2.19. The predicted octanol–water partition coefficient (Wildman–Crippen LogP) is -0.0936. The van der Waals surface area contributed by atoms with Gasteiger partial charge in [0.1, 0.15) is 13.2 Å². The summed E-state index contributed by atoms with van der Waals surface area (Å²) in [6.45, 7) is 6.20. The van der Waals surface area contributed by atoms with E-state index in [4.69, 9.17) is 14.2 Å². The molecule has 0 aliphatic carbocycles. The van der Waals surface area contributed by atoms with E-state index in [0.717, 1.165) is 28.4 Å². The molecule has 0 radical (unpaired) electrons. The number of carbonyl (C=O) groups is 6. The maximum absolute atomic E-state index is 12.3. The van der Waals surface area contributed by atoms with Crippen LogP contribution in [0.2, 0.25) is 0 Å². The van der Waals surface area contributed by atoms with Crippen LogP contribution in [-0.2, 0) is 61.9 Å². The van der Waals surface area contributed by atoms with E-state index >= 15 is 0 Å². The number of esters is 6. The molecule has 196 valence electrons. The highest BCUT2D eigenvalue weighted by atomic mass is 16.6. The molecule has 0 saturated heterocycles. The number of hydrogen-bond donors (Lipinski definition) is 0. The van der Waals surface area contributed by atoms with Crippen molar-refractivity contribution in [2.45, 2.75) is 12.8 Å². The van der Waals surface area contributed by atoms with Crippen LogP contribution in [0, 0.1) is 11.8 Å². The molecule has 13 heteroatoms. The van der Waals surface area contributed by atoms with Gasteiger partial charge in [-0.05, 0) is 0 Å². The third-order valence-electron chi connectivity index (χ3n) is 4.45. The van der Waals surface area contributed by atoms with Gasteiger partial charge < -0.3 is 33.2 Å². The van der Waals surface area contributed by atoms with Crippen LogP contribution in [0.1, 0.15) is 12.8 Å². The lowest BCUT2D eigenvalue weighted by Gasteiger charge is -2.17. The molecule has 2 atom stereocenters. The van der Waals surface area contributed by atoms with Crippen LogP contribution in [0.4, 0.5) is 0 Å². The average molecular weight is 502 g/mol. The standard InChI is InChI=1S/C22H30O13/c1-13(19(25)31-5)15(11-17(23)29-3)21(27)34-9-7-33-8-10-35-22(28)16(12-18(24)30-4)14(2)20(26)32-6/h15-16H,1-2,7-12H2,3-6H3. The molecule has 0 aliphatic heterocycles. The van der Waals surface area contributed by atoms with E-state index in [1.165, 1.54) is 0 Å². The molecule has 0 saturated carbocycles. The Hall–Kier alpha value is -3.74. The SMILES string of the molecule is C=C(C(=O)OC)C(CC(=O)OC)C(=O)OCCOCCOC(=O)C(CC(=O)OC)C(=C)C(=O)OC. The van der Waals surface area contributed by atoms with Crippen LogP contribution in [0.15, 0.2) is 24.3 Å². The van der Waals surface area contributed by atoms with Crippen molar-refractivity contribution < 1.29 is 61.9 Å². The Morgan fingerprint density at radius 3 is 1.20 bits per heavy atom. The average Bonchev–Trinajstić information content (AvgIpc) is 2.86. The van der Waals surface area contributed by atoms with Crippen molar-refractivity contribution >= 4 is 35.8 Å². The molecule has 0 N–H and O–H groups in total. The topological polar surface area (TPSA) is 167 Å². The molecule has 0 aliphatic rings. The second-order valence-corrected chi connectivity index (χ2v) is 6.65. The van der Waals surface area contributed by atoms with Crippen molar-refractivity contribution in [3.8, 4) is 0 Å². The normalized spacial score (nSPS) is 11.8. The van der Waals surface area contributed by atoms with Crippen molar-refractivity contribution in [2.24, 2.45) is 11.8 Å². The first kappa shape index (κ1) is 31.3. The lowest BCUT2D eigenvalue weighted by atomic mass is 9.97. The maximum Gasteiger partial charge on any atom is 0.334 e. The fraction of sp³-hybridized carbons (Fsp3) is 0.545. The number of methoxy groups -OCH3 is 4. The highest BCUT2D eigenvalue weighted by molar-refractivity contribution is 5.97. The molecule has 2 unspecified atom stereocenters. The van der Waals surface area contributed by atoms with Crippen molar-refractivity contribution in [3.05, 3.63) is 24.3 Å². The van der Waals surface area contributed by atoms with E-state index in [-0.39, 0.29) is 37.6 Å². The minimum absolute atomic E-state index is 0.112. The van der Waals surface area contributed by atoms with Crippen LogP contribution in [0.25, 0.3) is 0 Å². The zero-order chi connectivity index (χ0) is 27.0. The van der Waals surface area contributed by atoms with E-state index in [9.17, 15) is 28.8 Å². The maximum atomic E-state index is 12.3. The molecular formula is C22H30O13. The van der Waals surface area contributed by atoms with Crippen molar-refractivity contribution in [3.63, 3.8) is 0 Å². The first-order chi connectivity index (χ1) is 16.5. The van der Waals surface area contributed by atoms with E-state index in [1.807, 2.05) is 0 Å². The summed E-state index contributed by atoms with van der Waals surface area (Å²) in [5.41, 5.74) is -0.545. The molecule has 0 heterocycles. The first-order valence-corrected chi connectivity index (χ1v) is 10.1. The first-order valence-electron chi connectivity index (χ1n) is 10.1. The van der Waals surface area contributed by atoms with Gasteiger partial charge in [-0.1, -0.05) is 13.2 Å². The summed E-state index contributed by atoms with van der Waals surface area (Å²) in [6, 6.07) is 0. The monoisotopic (exact) mass is 502 g/mol. The van der Waals surface area contributed by atoms with Crippen molar-refractivity contribution in [1.82, 2.24) is 0 Å². The van der Waals surface area contributed by atoms with Crippen LogP contribution in [0.5, 0.6) is 0 Å². The van der Waals surface area contributed by atoms with Gasteiger partial charge in [0.15, 0.2) is 0 Å². The number of rotatable bonds is 16. The Labute approximate surface area is 202 Å². The molecule has 13 nitrogen and oxygen atoms in total. The van der Waals surface area contributed by atoms with Gasteiger partial charge in [0, 0.05) is 11.1 Å². The van der Waals surface area contributed by atoms with Gasteiger partial charge in [0.25, 0.3) is 0 Å². The fourth-order valence-corrected chi connectivity index (χ4v) is 2.45. The second-order valence-electron chi connectivity index (χ2n) is 6.65. The van der Waals surface area contributed by atoms with Gasteiger partial charge in [0.2, 0.25) is 0 Å².